The van der Waals surface area contributed by atoms with Gasteiger partial charge >= 0.3 is 12.1 Å². The van der Waals surface area contributed by atoms with Gasteiger partial charge in [-0.05, 0) is 87.2 Å². The molecule has 1 unspecified atom stereocenters. The number of nitrogens with one attached hydrogen (secondary N) is 1. The van der Waals surface area contributed by atoms with E-state index in [4.69, 9.17) is 21.1 Å². The van der Waals surface area contributed by atoms with Gasteiger partial charge in [0.05, 0.1) is 6.54 Å². The van der Waals surface area contributed by atoms with Gasteiger partial charge in [-0.1, -0.05) is 39.7 Å². The Balaban J connectivity index is 1.52. The predicted octanol–water partition coefficient (Wildman–Crippen LogP) is 7.79. The molecule has 0 saturated carbocycles. The zero-order valence-electron chi connectivity index (χ0n) is 22.8. The molecular formula is C30H32BrClFN3O4. The van der Waals surface area contributed by atoms with Crippen molar-refractivity contribution in [3.63, 3.8) is 0 Å². The van der Waals surface area contributed by atoms with Gasteiger partial charge in [0.2, 0.25) is 0 Å². The standard InChI is InChI=1S/C30H32BrClFN3O4/c1-30(2,3)40-28(37)34-16-19-12-21-13-24(33)10-11-26(21)36(17-19)29(38)35(4)18-20-8-9-22(31)14-27(20)39-25-7-5-6-23(32)15-25/h5-11,13-15,19H,12,16-18H2,1-4H3,(H,34,37). The van der Waals surface area contributed by atoms with Gasteiger partial charge in [-0.25, -0.2) is 14.0 Å². The molecule has 4 rings (SSSR count). The summed E-state index contributed by atoms with van der Waals surface area (Å²) in [5.74, 6) is 0.650. The van der Waals surface area contributed by atoms with E-state index in [1.165, 1.54) is 12.1 Å². The van der Waals surface area contributed by atoms with Crippen LogP contribution in [0.2, 0.25) is 5.02 Å². The summed E-state index contributed by atoms with van der Waals surface area (Å²) in [6.45, 7) is 6.26. The number of amides is 3. The van der Waals surface area contributed by atoms with Gasteiger partial charge in [0.15, 0.2) is 0 Å². The average molecular weight is 633 g/mol. The minimum absolute atomic E-state index is 0.131. The SMILES string of the molecule is CN(Cc1ccc(Br)cc1Oc1cccc(Cl)c1)C(=O)N1CC(CNC(=O)OC(C)(C)C)Cc2cc(F)ccc21. The fourth-order valence-corrected chi connectivity index (χ4v) is 5.03. The lowest BCUT2D eigenvalue weighted by atomic mass is 9.92. The third kappa shape index (κ3) is 7.88. The topological polar surface area (TPSA) is 71.1 Å². The first-order valence-corrected chi connectivity index (χ1v) is 14.0. The quantitative estimate of drug-likeness (QED) is 0.301. The van der Waals surface area contributed by atoms with Crippen molar-refractivity contribution < 1.29 is 23.5 Å². The molecule has 1 heterocycles. The second kappa shape index (κ2) is 12.5. The van der Waals surface area contributed by atoms with E-state index in [9.17, 15) is 14.0 Å². The van der Waals surface area contributed by atoms with E-state index in [1.54, 1.807) is 68.0 Å². The summed E-state index contributed by atoms with van der Waals surface area (Å²) in [7, 11) is 1.71. The highest BCUT2D eigenvalue weighted by molar-refractivity contribution is 9.10. The molecule has 212 valence electrons. The number of hydrogen-bond donors (Lipinski definition) is 1. The van der Waals surface area contributed by atoms with Crippen LogP contribution in [0.5, 0.6) is 11.5 Å². The van der Waals surface area contributed by atoms with Crippen molar-refractivity contribution in [3.8, 4) is 11.5 Å². The highest BCUT2D eigenvalue weighted by Gasteiger charge is 2.31. The lowest BCUT2D eigenvalue weighted by molar-refractivity contribution is 0.0519. The number of benzene rings is 3. The smallest absolute Gasteiger partial charge is 0.407 e. The fourth-order valence-electron chi connectivity index (χ4n) is 4.51. The Labute approximate surface area is 247 Å². The number of hydrogen-bond acceptors (Lipinski definition) is 4. The molecule has 0 aliphatic carbocycles. The summed E-state index contributed by atoms with van der Waals surface area (Å²) in [4.78, 5) is 29.2. The molecule has 40 heavy (non-hydrogen) atoms. The van der Waals surface area contributed by atoms with Crippen LogP contribution >= 0.6 is 27.5 Å². The van der Waals surface area contributed by atoms with Gasteiger partial charge in [-0.3, -0.25) is 4.90 Å². The number of fused-ring (bicyclic) bond motifs is 1. The van der Waals surface area contributed by atoms with E-state index < -0.39 is 11.7 Å². The Hall–Kier alpha value is -3.30. The number of rotatable bonds is 6. The Bertz CT molecular complexity index is 1400. The van der Waals surface area contributed by atoms with Crippen LogP contribution in [0.15, 0.2) is 65.1 Å². The monoisotopic (exact) mass is 631 g/mol. The molecule has 1 aliphatic rings. The van der Waals surface area contributed by atoms with E-state index in [1.807, 2.05) is 18.2 Å². The Morgan fingerprint density at radius 2 is 1.93 bits per heavy atom. The third-order valence-corrected chi connectivity index (χ3v) is 6.96. The predicted molar refractivity (Wildman–Crippen MR) is 158 cm³/mol. The molecule has 3 aromatic carbocycles. The van der Waals surface area contributed by atoms with Crippen molar-refractivity contribution in [2.75, 3.05) is 25.0 Å². The van der Waals surface area contributed by atoms with Gasteiger partial charge in [0.25, 0.3) is 0 Å². The molecule has 7 nitrogen and oxygen atoms in total. The van der Waals surface area contributed by atoms with Gasteiger partial charge in [-0.2, -0.15) is 0 Å². The van der Waals surface area contributed by atoms with Gasteiger partial charge in [0.1, 0.15) is 22.9 Å². The summed E-state index contributed by atoms with van der Waals surface area (Å²) in [6.07, 6.45) is -0.0178. The molecule has 3 amide bonds. The first-order valence-electron chi connectivity index (χ1n) is 12.9. The van der Waals surface area contributed by atoms with Crippen molar-refractivity contribution in [2.45, 2.75) is 39.3 Å². The van der Waals surface area contributed by atoms with Gasteiger partial charge in [0, 0.05) is 40.9 Å². The number of halogens is 3. The van der Waals surface area contributed by atoms with Crippen LogP contribution in [0.3, 0.4) is 0 Å². The Kier molecular flexibility index (Phi) is 9.26. The second-order valence-electron chi connectivity index (χ2n) is 10.8. The molecule has 10 heteroatoms. The zero-order valence-corrected chi connectivity index (χ0v) is 25.2. The normalized spacial score (nSPS) is 14.8. The van der Waals surface area contributed by atoms with Crippen molar-refractivity contribution in [1.82, 2.24) is 10.2 Å². The first-order chi connectivity index (χ1) is 18.9. The maximum Gasteiger partial charge on any atom is 0.407 e. The van der Waals surface area contributed by atoms with E-state index >= 15 is 0 Å². The highest BCUT2D eigenvalue weighted by Crippen LogP contribution is 2.33. The summed E-state index contributed by atoms with van der Waals surface area (Å²) in [5, 5.41) is 3.34. The number of ether oxygens (including phenoxy) is 2. The van der Waals surface area contributed by atoms with Crippen molar-refractivity contribution in [2.24, 2.45) is 5.92 Å². The molecule has 0 bridgehead atoms. The fraction of sp³-hybridized carbons (Fsp3) is 0.333. The molecule has 3 aromatic rings. The number of nitrogens with zero attached hydrogens (tertiary/aromatic N) is 2. The summed E-state index contributed by atoms with van der Waals surface area (Å²) >= 11 is 9.61. The number of alkyl carbamates (subject to hydrolysis) is 1. The van der Waals surface area contributed by atoms with Crippen LogP contribution < -0.4 is 15.0 Å². The van der Waals surface area contributed by atoms with Gasteiger partial charge < -0.3 is 19.7 Å². The highest BCUT2D eigenvalue weighted by atomic mass is 79.9. The first kappa shape index (κ1) is 29.7. The molecule has 0 aromatic heterocycles. The van der Waals surface area contributed by atoms with E-state index in [0.717, 1.165) is 10.0 Å². The molecular weight excluding hydrogens is 601 g/mol. The van der Waals surface area contributed by atoms with E-state index in [0.29, 0.717) is 40.7 Å². The van der Waals surface area contributed by atoms with Crippen LogP contribution in [0, 0.1) is 11.7 Å². The minimum Gasteiger partial charge on any atom is -0.457 e. The number of anilines is 1. The molecule has 0 saturated heterocycles. The lowest BCUT2D eigenvalue weighted by Crippen LogP contribution is -2.48. The van der Waals surface area contributed by atoms with Gasteiger partial charge in [-0.15, -0.1) is 0 Å². The number of urea groups is 1. The molecule has 0 spiro atoms. The Morgan fingerprint density at radius 3 is 2.65 bits per heavy atom. The van der Waals surface area contributed by atoms with E-state index in [-0.39, 0.29) is 30.9 Å². The summed E-state index contributed by atoms with van der Waals surface area (Å²) in [6, 6.07) is 16.9. The molecule has 0 radical (unpaired) electrons. The number of carbonyl (C=O) groups excluding carboxylic acids is 2. The average Bonchev–Trinajstić information content (AvgIpc) is 2.87. The van der Waals surface area contributed by atoms with Crippen molar-refractivity contribution >= 4 is 45.3 Å². The van der Waals surface area contributed by atoms with Crippen LogP contribution in [0.25, 0.3) is 0 Å². The molecule has 1 N–H and O–H groups in total. The van der Waals surface area contributed by atoms with Crippen LogP contribution in [-0.4, -0.2) is 42.8 Å². The number of carbonyl (C=O) groups is 2. The molecule has 1 aliphatic heterocycles. The maximum absolute atomic E-state index is 14.1. The van der Waals surface area contributed by atoms with E-state index in [2.05, 4.69) is 21.2 Å². The Morgan fingerprint density at radius 1 is 1.15 bits per heavy atom. The minimum atomic E-state index is -0.626. The van der Waals surface area contributed by atoms with Crippen LogP contribution in [-0.2, 0) is 17.7 Å². The lowest BCUT2D eigenvalue weighted by Gasteiger charge is -2.37. The molecule has 1 atom stereocenters. The second-order valence-corrected chi connectivity index (χ2v) is 12.1. The zero-order chi connectivity index (χ0) is 29.0. The van der Waals surface area contributed by atoms with Crippen molar-refractivity contribution in [3.05, 3.63) is 87.1 Å². The third-order valence-electron chi connectivity index (χ3n) is 6.23. The van der Waals surface area contributed by atoms with Crippen LogP contribution in [0.1, 0.15) is 31.9 Å². The van der Waals surface area contributed by atoms with Crippen LogP contribution in [0.4, 0.5) is 19.7 Å². The maximum atomic E-state index is 14.1. The molecule has 0 fully saturated rings. The largest absolute Gasteiger partial charge is 0.457 e. The van der Waals surface area contributed by atoms with Crippen molar-refractivity contribution in [1.29, 1.82) is 0 Å². The summed E-state index contributed by atoms with van der Waals surface area (Å²) < 4.78 is 26.4. The summed E-state index contributed by atoms with van der Waals surface area (Å²) in [5.41, 5.74) is 1.52.